The quantitative estimate of drug-likeness (QED) is 0.780. The fraction of sp³-hybridized carbons (Fsp3) is 0.500. The lowest BCUT2D eigenvalue weighted by atomic mass is 10.1. The zero-order valence-electron chi connectivity index (χ0n) is 11.3. The van der Waals surface area contributed by atoms with Crippen molar-refractivity contribution < 1.29 is 18.3 Å². The minimum absolute atomic E-state index is 0.0842. The first-order valence-electron chi connectivity index (χ1n) is 6.27. The maximum atomic E-state index is 11.9. The Morgan fingerprint density at radius 2 is 1.74 bits per heavy atom. The number of aryl methyl sites for hydroxylation is 1. The Morgan fingerprint density at radius 1 is 1.16 bits per heavy atom. The zero-order valence-corrected chi connectivity index (χ0v) is 12.1. The first-order chi connectivity index (χ1) is 8.77. The molecule has 0 fully saturated rings. The van der Waals surface area contributed by atoms with Gasteiger partial charge in [0.25, 0.3) is 0 Å². The van der Waals surface area contributed by atoms with Gasteiger partial charge >= 0.3 is 5.97 Å². The molecule has 1 aromatic carbocycles. The molecule has 106 valence electrons. The molecular weight excluding hydrogens is 264 g/mol. The van der Waals surface area contributed by atoms with E-state index in [0.29, 0.717) is 6.42 Å². The summed E-state index contributed by atoms with van der Waals surface area (Å²) in [6.45, 7) is 2.48. The summed E-state index contributed by atoms with van der Waals surface area (Å²) in [5.41, 5.74) is 1.16. The molecule has 4 nitrogen and oxygen atoms in total. The van der Waals surface area contributed by atoms with Gasteiger partial charge in [-0.3, -0.25) is 4.79 Å². The van der Waals surface area contributed by atoms with Crippen molar-refractivity contribution in [3.8, 4) is 0 Å². The van der Waals surface area contributed by atoms with E-state index in [2.05, 4.69) is 0 Å². The number of carboxylic acids is 1. The van der Waals surface area contributed by atoms with Crippen molar-refractivity contribution in [1.29, 1.82) is 0 Å². The van der Waals surface area contributed by atoms with Crippen molar-refractivity contribution in [2.24, 2.45) is 0 Å². The molecule has 0 spiro atoms. The molecule has 1 aromatic rings. The van der Waals surface area contributed by atoms with Crippen molar-refractivity contribution in [1.82, 2.24) is 0 Å². The summed E-state index contributed by atoms with van der Waals surface area (Å²) >= 11 is 0. The van der Waals surface area contributed by atoms with Crippen molar-refractivity contribution in [2.45, 2.75) is 37.9 Å². The zero-order chi connectivity index (χ0) is 14.5. The molecule has 0 aromatic heterocycles. The van der Waals surface area contributed by atoms with Gasteiger partial charge in [-0.25, -0.2) is 8.42 Å². The molecule has 1 N–H and O–H groups in total. The molecule has 19 heavy (non-hydrogen) atoms. The summed E-state index contributed by atoms with van der Waals surface area (Å²) in [5, 5.41) is 8.93. The van der Waals surface area contributed by atoms with E-state index in [1.54, 1.807) is 0 Å². The predicted octanol–water partition coefficient (Wildman–Crippen LogP) is 2.29. The first kappa shape index (κ1) is 15.7. The Labute approximate surface area is 114 Å². The fourth-order valence-electron chi connectivity index (χ4n) is 1.65. The van der Waals surface area contributed by atoms with Crippen LogP contribution >= 0.6 is 0 Å². The lowest BCUT2D eigenvalue weighted by molar-refractivity contribution is -0.139. The highest BCUT2D eigenvalue weighted by molar-refractivity contribution is 7.93. The van der Waals surface area contributed by atoms with E-state index in [1.165, 1.54) is 13.8 Å². The summed E-state index contributed by atoms with van der Waals surface area (Å²) in [5.74, 6) is -1.38. The van der Waals surface area contributed by atoms with E-state index < -0.39 is 20.6 Å². The second-order valence-electron chi connectivity index (χ2n) is 5.08. The largest absolute Gasteiger partial charge is 0.480 e. The maximum absolute atomic E-state index is 11.9. The Hall–Kier alpha value is -1.36. The van der Waals surface area contributed by atoms with Crippen LogP contribution in [-0.4, -0.2) is 30.0 Å². The molecule has 0 aliphatic heterocycles. The number of sulfone groups is 1. The molecule has 0 bridgehead atoms. The molecule has 0 radical (unpaired) electrons. The molecular formula is C14H20O4S. The van der Waals surface area contributed by atoms with Gasteiger partial charge in [-0.2, -0.15) is 0 Å². The van der Waals surface area contributed by atoms with Gasteiger partial charge in [-0.15, -0.1) is 0 Å². The smallest absolute Gasteiger partial charge is 0.324 e. The number of benzene rings is 1. The molecule has 0 unspecified atom stereocenters. The Balaban J connectivity index is 2.47. The molecule has 0 saturated heterocycles. The third-order valence-electron chi connectivity index (χ3n) is 3.26. The number of carbonyl (C=O) groups is 1. The molecule has 1 rings (SSSR count). The van der Waals surface area contributed by atoms with E-state index in [4.69, 9.17) is 5.11 Å². The van der Waals surface area contributed by atoms with E-state index in [9.17, 15) is 13.2 Å². The third-order valence-corrected chi connectivity index (χ3v) is 5.82. The highest BCUT2D eigenvalue weighted by Crippen LogP contribution is 2.19. The SMILES string of the molecule is CC(C)(C(=O)O)S(=O)(=O)CCCCc1ccccc1. The summed E-state index contributed by atoms with van der Waals surface area (Å²) in [6, 6.07) is 9.81. The molecule has 5 heteroatoms. The number of unbranched alkanes of at least 4 members (excludes halogenated alkanes) is 1. The lowest BCUT2D eigenvalue weighted by Gasteiger charge is -2.19. The number of aliphatic carboxylic acids is 1. The van der Waals surface area contributed by atoms with Crippen LogP contribution in [-0.2, 0) is 21.1 Å². The van der Waals surface area contributed by atoms with Crippen LogP contribution in [0, 0.1) is 0 Å². The molecule has 0 aliphatic carbocycles. The standard InChI is InChI=1S/C14H20O4S/c1-14(2,13(15)16)19(17,18)11-7-6-10-12-8-4-3-5-9-12/h3-5,8-9H,6-7,10-11H2,1-2H3,(H,15,16). The van der Waals surface area contributed by atoms with E-state index in [0.717, 1.165) is 18.4 Å². The van der Waals surface area contributed by atoms with Crippen LogP contribution in [0.2, 0.25) is 0 Å². The summed E-state index contributed by atoms with van der Waals surface area (Å²) in [6.07, 6.45) is 2.02. The number of hydrogen-bond acceptors (Lipinski definition) is 3. The van der Waals surface area contributed by atoms with Crippen molar-refractivity contribution >= 4 is 15.8 Å². The van der Waals surface area contributed by atoms with Crippen LogP contribution in [0.25, 0.3) is 0 Å². The summed E-state index contributed by atoms with van der Waals surface area (Å²) < 4.78 is 22.1. The number of carboxylic acid groups (broad SMARTS) is 1. The van der Waals surface area contributed by atoms with Crippen LogP contribution in [0.4, 0.5) is 0 Å². The van der Waals surface area contributed by atoms with Gasteiger partial charge in [-0.1, -0.05) is 30.3 Å². The number of rotatable bonds is 7. The molecule has 0 saturated carbocycles. The van der Waals surface area contributed by atoms with E-state index >= 15 is 0 Å². The van der Waals surface area contributed by atoms with Gasteiger partial charge < -0.3 is 5.11 Å². The second kappa shape index (κ2) is 6.19. The van der Waals surface area contributed by atoms with Crippen LogP contribution in [0.3, 0.4) is 0 Å². The lowest BCUT2D eigenvalue weighted by Crippen LogP contribution is -2.41. The molecule has 0 atom stereocenters. The summed E-state index contributed by atoms with van der Waals surface area (Å²) in [4.78, 5) is 10.9. The normalized spacial score (nSPS) is 12.3. The average Bonchev–Trinajstić information content (AvgIpc) is 2.35. The van der Waals surface area contributed by atoms with Crippen molar-refractivity contribution in [3.63, 3.8) is 0 Å². The predicted molar refractivity (Wildman–Crippen MR) is 74.9 cm³/mol. The summed E-state index contributed by atoms with van der Waals surface area (Å²) in [7, 11) is -3.61. The van der Waals surface area contributed by atoms with Crippen LogP contribution in [0.15, 0.2) is 30.3 Å². The van der Waals surface area contributed by atoms with Crippen LogP contribution < -0.4 is 0 Å². The van der Waals surface area contributed by atoms with Gasteiger partial charge in [0.05, 0.1) is 5.75 Å². The fourth-order valence-corrected chi connectivity index (χ4v) is 3.01. The molecule has 0 heterocycles. The van der Waals surface area contributed by atoms with Gasteiger partial charge in [0.2, 0.25) is 0 Å². The highest BCUT2D eigenvalue weighted by Gasteiger charge is 2.41. The van der Waals surface area contributed by atoms with Crippen molar-refractivity contribution in [3.05, 3.63) is 35.9 Å². The van der Waals surface area contributed by atoms with Gasteiger partial charge in [-0.05, 0) is 38.7 Å². The minimum atomic E-state index is -3.61. The molecule has 0 aliphatic rings. The molecule has 0 amide bonds. The van der Waals surface area contributed by atoms with Gasteiger partial charge in [0.15, 0.2) is 14.6 Å². The van der Waals surface area contributed by atoms with Crippen molar-refractivity contribution in [2.75, 3.05) is 5.75 Å². The Bertz CT molecular complexity index is 518. The van der Waals surface area contributed by atoms with E-state index in [1.807, 2.05) is 30.3 Å². The Morgan fingerprint density at radius 3 is 2.26 bits per heavy atom. The first-order valence-corrected chi connectivity index (χ1v) is 7.92. The monoisotopic (exact) mass is 284 g/mol. The minimum Gasteiger partial charge on any atom is -0.480 e. The number of hydrogen-bond donors (Lipinski definition) is 1. The third kappa shape index (κ3) is 4.06. The Kier molecular flexibility index (Phi) is 5.11. The average molecular weight is 284 g/mol. The topological polar surface area (TPSA) is 71.4 Å². The van der Waals surface area contributed by atoms with Gasteiger partial charge in [0, 0.05) is 0 Å². The van der Waals surface area contributed by atoms with Crippen LogP contribution in [0.1, 0.15) is 32.3 Å². The highest BCUT2D eigenvalue weighted by atomic mass is 32.2. The van der Waals surface area contributed by atoms with E-state index in [-0.39, 0.29) is 5.75 Å². The van der Waals surface area contributed by atoms with Crippen LogP contribution in [0.5, 0.6) is 0 Å². The van der Waals surface area contributed by atoms with Gasteiger partial charge in [0.1, 0.15) is 0 Å². The second-order valence-corrected chi connectivity index (χ2v) is 7.74. The maximum Gasteiger partial charge on any atom is 0.324 e.